The number of nitrogens with two attached hydrogens (primary N) is 1. The summed E-state index contributed by atoms with van der Waals surface area (Å²) in [5.41, 5.74) is 8.88. The number of thiocarbonyl (C=S) groups is 1. The maximum atomic E-state index is 12.0. The molecule has 0 bridgehead atoms. The number of benzene rings is 1. The van der Waals surface area contributed by atoms with Crippen LogP contribution in [0.3, 0.4) is 0 Å². The monoisotopic (exact) mass is 285 g/mol. The average Bonchev–Trinajstić information content (AvgIpc) is 2.45. The zero-order chi connectivity index (χ0) is 14.4. The molecule has 1 aliphatic rings. The second kappa shape index (κ2) is 6.77. The van der Waals surface area contributed by atoms with Crippen molar-refractivity contribution in [2.75, 3.05) is 0 Å². The van der Waals surface area contributed by atoms with Crippen LogP contribution in [0.15, 0.2) is 59.7 Å². The van der Waals surface area contributed by atoms with Crippen molar-refractivity contribution in [3.63, 3.8) is 0 Å². The first-order valence-electron chi connectivity index (χ1n) is 6.21. The van der Waals surface area contributed by atoms with E-state index in [0.717, 1.165) is 5.56 Å². The Hall–Kier alpha value is -2.27. The van der Waals surface area contributed by atoms with Crippen LogP contribution in [0.25, 0.3) is 0 Å². The Morgan fingerprint density at radius 3 is 2.75 bits per heavy atom. The third-order valence-electron chi connectivity index (χ3n) is 3.00. The number of carbonyl (C=O) groups excluding carboxylic acids is 1. The summed E-state index contributed by atoms with van der Waals surface area (Å²) >= 11 is 4.70. The summed E-state index contributed by atoms with van der Waals surface area (Å²) in [7, 11) is 0. The molecular weight excluding hydrogens is 270 g/mol. The third kappa shape index (κ3) is 3.61. The minimum absolute atomic E-state index is 0.0585. The quantitative estimate of drug-likeness (QED) is 0.504. The van der Waals surface area contributed by atoms with Crippen LogP contribution in [0.2, 0.25) is 0 Å². The van der Waals surface area contributed by atoms with Crippen LogP contribution in [0.4, 0.5) is 0 Å². The summed E-state index contributed by atoms with van der Waals surface area (Å²) in [6.07, 6.45) is 8.74. The molecule has 1 aromatic rings. The summed E-state index contributed by atoms with van der Waals surface area (Å²) in [5, 5.41) is 4.10. The van der Waals surface area contributed by atoms with Crippen molar-refractivity contribution < 1.29 is 4.79 Å². The number of carbonyl (C=O) groups is 1. The first-order chi connectivity index (χ1) is 9.68. The predicted octanol–water partition coefficient (Wildman–Crippen LogP) is 1.90. The highest BCUT2D eigenvalue weighted by atomic mass is 32.1. The minimum atomic E-state index is -0.265. The summed E-state index contributed by atoms with van der Waals surface area (Å²) in [4.78, 5) is 12.0. The number of allylic oxidation sites excluding steroid dienone is 4. The van der Waals surface area contributed by atoms with Gasteiger partial charge in [-0.25, -0.2) is 0 Å². The lowest BCUT2D eigenvalue weighted by atomic mass is 9.82. The summed E-state index contributed by atoms with van der Waals surface area (Å²) in [6, 6.07) is 9.74. The Kier molecular flexibility index (Phi) is 4.79. The molecule has 0 aliphatic heterocycles. The van der Waals surface area contributed by atoms with Crippen LogP contribution < -0.4 is 11.2 Å². The van der Waals surface area contributed by atoms with Gasteiger partial charge in [-0.1, -0.05) is 48.6 Å². The molecule has 3 N–H and O–H groups in total. The lowest BCUT2D eigenvalue weighted by Gasteiger charge is -2.20. The van der Waals surface area contributed by atoms with E-state index < -0.39 is 0 Å². The Morgan fingerprint density at radius 2 is 2.10 bits per heavy atom. The molecule has 5 heteroatoms. The lowest BCUT2D eigenvalue weighted by Crippen LogP contribution is -2.26. The molecule has 0 heterocycles. The van der Waals surface area contributed by atoms with Crippen LogP contribution in [0.5, 0.6) is 0 Å². The largest absolute Gasteiger partial charge is 0.375 e. The number of hydrogen-bond donors (Lipinski definition) is 2. The number of nitrogens with zero attached hydrogens (tertiary/aromatic N) is 1. The third-order valence-corrected chi connectivity index (χ3v) is 3.09. The molecule has 0 fully saturated rings. The van der Waals surface area contributed by atoms with Gasteiger partial charge in [-0.2, -0.15) is 5.10 Å². The van der Waals surface area contributed by atoms with Gasteiger partial charge < -0.3 is 5.73 Å². The molecule has 102 valence electrons. The molecule has 2 rings (SSSR count). The van der Waals surface area contributed by atoms with E-state index >= 15 is 0 Å². The second-order valence-electron chi connectivity index (χ2n) is 4.36. The molecule has 0 radical (unpaired) electrons. The average molecular weight is 285 g/mol. The number of nitrogens with one attached hydrogen (secondary N) is 1. The number of hydrogen-bond acceptors (Lipinski definition) is 3. The normalized spacial score (nSPS) is 19.2. The maximum absolute atomic E-state index is 12.0. The molecule has 0 saturated carbocycles. The molecule has 2 atom stereocenters. The Bertz CT molecular complexity index is 578. The van der Waals surface area contributed by atoms with Gasteiger partial charge >= 0.3 is 0 Å². The molecule has 0 aromatic heterocycles. The smallest absolute Gasteiger partial charge is 0.184 e. The van der Waals surface area contributed by atoms with E-state index in [1.165, 1.54) is 0 Å². The summed E-state index contributed by atoms with van der Waals surface area (Å²) < 4.78 is 0. The molecule has 0 amide bonds. The molecule has 2 unspecified atom stereocenters. The van der Waals surface area contributed by atoms with Crippen LogP contribution in [0.1, 0.15) is 11.5 Å². The summed E-state index contributed by atoms with van der Waals surface area (Å²) in [5.74, 6) is -0.367. The van der Waals surface area contributed by atoms with Crippen molar-refractivity contribution in [1.29, 1.82) is 0 Å². The van der Waals surface area contributed by atoms with Crippen molar-refractivity contribution in [2.45, 2.75) is 5.92 Å². The van der Waals surface area contributed by atoms with Gasteiger partial charge in [0.15, 0.2) is 10.9 Å². The molecule has 20 heavy (non-hydrogen) atoms. The number of hydrazone groups is 1. The van der Waals surface area contributed by atoms with Crippen molar-refractivity contribution in [1.82, 2.24) is 5.43 Å². The number of rotatable bonds is 4. The fraction of sp³-hybridized carbons (Fsp3) is 0.133. The van der Waals surface area contributed by atoms with Crippen LogP contribution in [0, 0.1) is 5.92 Å². The zero-order valence-electron chi connectivity index (χ0n) is 10.8. The molecule has 1 aromatic carbocycles. The SMILES string of the molecule is NC(=S)NN=CC(c1ccccc1)C1C=CC=CC1=O. The van der Waals surface area contributed by atoms with Crippen molar-refractivity contribution in [2.24, 2.45) is 16.8 Å². The van der Waals surface area contributed by atoms with Gasteiger partial charge in [0, 0.05) is 12.1 Å². The zero-order valence-corrected chi connectivity index (χ0v) is 11.6. The van der Waals surface area contributed by atoms with Gasteiger partial charge in [-0.05, 0) is 23.9 Å². The summed E-state index contributed by atoms with van der Waals surface area (Å²) in [6.45, 7) is 0. The van der Waals surface area contributed by atoms with Gasteiger partial charge in [-0.15, -0.1) is 0 Å². The molecule has 0 saturated heterocycles. The maximum Gasteiger partial charge on any atom is 0.184 e. The topological polar surface area (TPSA) is 67.5 Å². The van der Waals surface area contributed by atoms with Crippen LogP contribution >= 0.6 is 12.2 Å². The van der Waals surface area contributed by atoms with Crippen LogP contribution in [-0.4, -0.2) is 17.1 Å². The van der Waals surface area contributed by atoms with E-state index in [-0.39, 0.29) is 22.7 Å². The van der Waals surface area contributed by atoms with E-state index in [1.54, 1.807) is 18.4 Å². The predicted molar refractivity (Wildman–Crippen MR) is 84.4 cm³/mol. The van der Waals surface area contributed by atoms with Gasteiger partial charge in [0.05, 0.1) is 5.92 Å². The first kappa shape index (κ1) is 14.1. The molecular formula is C15H15N3OS. The van der Waals surface area contributed by atoms with Gasteiger partial charge in [-0.3, -0.25) is 10.2 Å². The Labute approximate surface area is 123 Å². The van der Waals surface area contributed by atoms with Crippen molar-refractivity contribution >= 4 is 29.3 Å². The Morgan fingerprint density at radius 1 is 1.35 bits per heavy atom. The molecule has 4 nitrogen and oxygen atoms in total. The van der Waals surface area contributed by atoms with E-state index in [1.807, 2.05) is 42.5 Å². The fourth-order valence-electron chi connectivity index (χ4n) is 2.08. The highest BCUT2D eigenvalue weighted by Crippen LogP contribution is 2.27. The standard InChI is InChI=1S/C15H15N3OS/c16-15(20)18-17-10-13(11-6-2-1-3-7-11)12-8-4-5-9-14(12)19/h1-10,12-13H,(H3,16,18,20). The van der Waals surface area contributed by atoms with Gasteiger partial charge in [0.2, 0.25) is 0 Å². The minimum Gasteiger partial charge on any atom is -0.375 e. The second-order valence-corrected chi connectivity index (χ2v) is 4.80. The number of ketones is 1. The van der Waals surface area contributed by atoms with E-state index in [9.17, 15) is 4.79 Å². The van der Waals surface area contributed by atoms with E-state index in [2.05, 4.69) is 10.5 Å². The van der Waals surface area contributed by atoms with Crippen molar-refractivity contribution in [3.05, 3.63) is 60.2 Å². The first-order valence-corrected chi connectivity index (χ1v) is 6.61. The van der Waals surface area contributed by atoms with Crippen molar-refractivity contribution in [3.8, 4) is 0 Å². The molecule has 0 spiro atoms. The van der Waals surface area contributed by atoms with Gasteiger partial charge in [0.1, 0.15) is 0 Å². The lowest BCUT2D eigenvalue weighted by molar-refractivity contribution is -0.117. The van der Waals surface area contributed by atoms with Crippen LogP contribution in [-0.2, 0) is 4.79 Å². The van der Waals surface area contributed by atoms with E-state index in [0.29, 0.717) is 0 Å². The highest BCUT2D eigenvalue weighted by Gasteiger charge is 2.25. The molecule has 1 aliphatic carbocycles. The van der Waals surface area contributed by atoms with E-state index in [4.69, 9.17) is 18.0 Å². The van der Waals surface area contributed by atoms with Gasteiger partial charge in [0.25, 0.3) is 0 Å². The fourth-order valence-corrected chi connectivity index (χ4v) is 2.13. The Balaban J connectivity index is 2.27. The highest BCUT2D eigenvalue weighted by molar-refractivity contribution is 7.80.